The van der Waals surface area contributed by atoms with Gasteiger partial charge in [0.15, 0.2) is 0 Å². The highest BCUT2D eigenvalue weighted by Crippen LogP contribution is 2.26. The Morgan fingerprint density at radius 3 is 2.85 bits per heavy atom. The second-order valence-electron chi connectivity index (χ2n) is 6.41. The van der Waals surface area contributed by atoms with Gasteiger partial charge in [-0.1, -0.05) is 12.1 Å². The molecule has 0 aliphatic carbocycles. The number of aromatic nitrogens is 2. The third kappa shape index (κ3) is 3.85. The maximum atomic E-state index is 12.8. The molecule has 2 heterocycles. The van der Waals surface area contributed by atoms with Gasteiger partial charge < -0.3 is 9.88 Å². The smallest absolute Gasteiger partial charge is 0.261 e. The Hall–Kier alpha value is -3.13. The molecule has 0 bridgehead atoms. The molecule has 0 radical (unpaired) electrons. The normalized spacial score (nSPS) is 13.7. The van der Waals surface area contributed by atoms with Gasteiger partial charge in [0.1, 0.15) is 0 Å². The summed E-state index contributed by atoms with van der Waals surface area (Å²) < 4.78 is 30.1. The number of anilines is 2. The molecule has 0 saturated carbocycles. The molecule has 1 aliphatic heterocycles. The molecule has 27 heavy (non-hydrogen) atoms. The predicted molar refractivity (Wildman–Crippen MR) is 102 cm³/mol. The van der Waals surface area contributed by atoms with Crippen molar-refractivity contribution in [3.63, 3.8) is 0 Å². The van der Waals surface area contributed by atoms with E-state index in [1.807, 2.05) is 22.9 Å². The number of amides is 1. The van der Waals surface area contributed by atoms with Crippen LogP contribution in [0.15, 0.2) is 66.1 Å². The summed E-state index contributed by atoms with van der Waals surface area (Å²) in [6.07, 6.45) is 6.15. The average Bonchev–Trinajstić information content (AvgIpc) is 3.14. The highest BCUT2D eigenvalue weighted by atomic mass is 32.2. The van der Waals surface area contributed by atoms with Crippen molar-refractivity contribution in [2.75, 3.05) is 10.0 Å². The number of fused-ring (bicyclic) bond motifs is 1. The van der Waals surface area contributed by atoms with E-state index in [1.165, 1.54) is 6.07 Å². The lowest BCUT2D eigenvalue weighted by Crippen LogP contribution is -2.20. The summed E-state index contributed by atoms with van der Waals surface area (Å²) in [6, 6.07) is 12.0. The lowest BCUT2D eigenvalue weighted by atomic mass is 10.0. The first kappa shape index (κ1) is 17.3. The lowest BCUT2D eigenvalue weighted by molar-refractivity contribution is -0.116. The number of carbonyl (C=O) groups is 1. The summed E-state index contributed by atoms with van der Waals surface area (Å²) in [5.74, 6) is -0.0501. The van der Waals surface area contributed by atoms with Crippen LogP contribution in [0, 0.1) is 0 Å². The zero-order chi connectivity index (χ0) is 18.9. The first-order valence-electron chi connectivity index (χ1n) is 8.50. The summed E-state index contributed by atoms with van der Waals surface area (Å²) in [5.41, 5.74) is 2.96. The van der Waals surface area contributed by atoms with Crippen LogP contribution in [0.1, 0.15) is 17.5 Å². The third-order valence-corrected chi connectivity index (χ3v) is 5.77. The van der Waals surface area contributed by atoms with Gasteiger partial charge in [-0.3, -0.25) is 9.52 Å². The molecule has 2 aromatic carbocycles. The van der Waals surface area contributed by atoms with Crippen molar-refractivity contribution in [2.24, 2.45) is 0 Å². The fourth-order valence-electron chi connectivity index (χ4n) is 3.07. The van der Waals surface area contributed by atoms with Gasteiger partial charge in [-0.25, -0.2) is 13.4 Å². The molecule has 1 amide bonds. The second kappa shape index (κ2) is 6.88. The molecule has 8 heteroatoms. The van der Waals surface area contributed by atoms with E-state index in [4.69, 9.17) is 0 Å². The Balaban J connectivity index is 1.56. The predicted octanol–water partition coefficient (Wildman–Crippen LogP) is 2.62. The number of hydrogen-bond acceptors (Lipinski definition) is 4. The van der Waals surface area contributed by atoms with E-state index in [2.05, 4.69) is 15.0 Å². The molecule has 7 nitrogen and oxygen atoms in total. The molecule has 0 unspecified atom stereocenters. The van der Waals surface area contributed by atoms with E-state index in [0.717, 1.165) is 11.1 Å². The fraction of sp³-hybridized carbons (Fsp3) is 0.158. The third-order valence-electron chi connectivity index (χ3n) is 4.39. The van der Waals surface area contributed by atoms with Gasteiger partial charge in [0.25, 0.3) is 10.0 Å². The summed E-state index contributed by atoms with van der Waals surface area (Å²) in [7, 11) is -3.72. The standard InChI is InChI=1S/C19H18N4O3S/c24-19-7-4-15-11-17(5-6-18(15)21-19)27(25,26)22-16-3-1-2-14(10-16)12-23-9-8-20-13-23/h1-3,5-6,8-11,13,22H,4,7,12H2,(H,21,24). The SMILES string of the molecule is O=C1CCc2cc(S(=O)(=O)Nc3cccc(Cn4ccnc4)c3)ccc2N1. The van der Waals surface area contributed by atoms with Gasteiger partial charge >= 0.3 is 0 Å². The van der Waals surface area contributed by atoms with Crippen molar-refractivity contribution in [1.82, 2.24) is 9.55 Å². The fourth-order valence-corrected chi connectivity index (χ4v) is 4.16. The molecule has 0 fully saturated rings. The van der Waals surface area contributed by atoms with Crippen molar-refractivity contribution < 1.29 is 13.2 Å². The van der Waals surface area contributed by atoms with Crippen LogP contribution in [0.4, 0.5) is 11.4 Å². The number of nitrogens with zero attached hydrogens (tertiary/aromatic N) is 2. The molecule has 4 rings (SSSR count). The Morgan fingerprint density at radius 2 is 2.04 bits per heavy atom. The van der Waals surface area contributed by atoms with Gasteiger partial charge in [-0.05, 0) is 47.9 Å². The van der Waals surface area contributed by atoms with Crippen molar-refractivity contribution in [3.8, 4) is 0 Å². The van der Waals surface area contributed by atoms with Crippen molar-refractivity contribution in [1.29, 1.82) is 0 Å². The molecular formula is C19H18N4O3S. The maximum absolute atomic E-state index is 12.8. The monoisotopic (exact) mass is 382 g/mol. The van der Waals surface area contributed by atoms with E-state index >= 15 is 0 Å². The molecule has 138 valence electrons. The van der Waals surface area contributed by atoms with E-state index < -0.39 is 10.0 Å². The van der Waals surface area contributed by atoms with Crippen LogP contribution >= 0.6 is 0 Å². The quantitative estimate of drug-likeness (QED) is 0.709. The lowest BCUT2D eigenvalue weighted by Gasteiger charge is -2.18. The van der Waals surface area contributed by atoms with Crippen molar-refractivity contribution in [3.05, 3.63) is 72.3 Å². The summed E-state index contributed by atoms with van der Waals surface area (Å²) in [6.45, 7) is 0.605. The van der Waals surface area contributed by atoms with Crippen LogP contribution in [0.2, 0.25) is 0 Å². The minimum Gasteiger partial charge on any atom is -0.333 e. The van der Waals surface area contributed by atoms with Crippen LogP contribution < -0.4 is 10.0 Å². The number of sulfonamides is 1. The number of nitrogens with one attached hydrogen (secondary N) is 2. The zero-order valence-electron chi connectivity index (χ0n) is 14.4. The largest absolute Gasteiger partial charge is 0.333 e. The minimum atomic E-state index is -3.72. The topological polar surface area (TPSA) is 93.1 Å². The van der Waals surface area contributed by atoms with Gasteiger partial charge in [0, 0.05) is 36.7 Å². The molecular weight excluding hydrogens is 364 g/mol. The van der Waals surface area contributed by atoms with E-state index in [1.54, 1.807) is 36.8 Å². The Labute approximate surface area is 157 Å². The van der Waals surface area contributed by atoms with Crippen LogP contribution in [-0.4, -0.2) is 23.9 Å². The number of imidazole rings is 1. The molecule has 0 saturated heterocycles. The molecule has 1 aromatic heterocycles. The molecule has 0 spiro atoms. The summed E-state index contributed by atoms with van der Waals surface area (Å²) in [5, 5.41) is 2.76. The number of benzene rings is 2. The number of rotatable bonds is 5. The summed E-state index contributed by atoms with van der Waals surface area (Å²) in [4.78, 5) is 15.6. The summed E-state index contributed by atoms with van der Waals surface area (Å²) >= 11 is 0. The molecule has 0 atom stereocenters. The highest BCUT2D eigenvalue weighted by molar-refractivity contribution is 7.92. The molecule has 3 aromatic rings. The molecule has 2 N–H and O–H groups in total. The van der Waals surface area contributed by atoms with Crippen molar-refractivity contribution >= 4 is 27.3 Å². The first-order chi connectivity index (χ1) is 13.0. The van der Waals surface area contributed by atoms with E-state index in [0.29, 0.717) is 30.8 Å². The number of hydrogen-bond donors (Lipinski definition) is 2. The van der Waals surface area contributed by atoms with Crippen LogP contribution in [0.5, 0.6) is 0 Å². The van der Waals surface area contributed by atoms with Gasteiger partial charge in [-0.15, -0.1) is 0 Å². The second-order valence-corrected chi connectivity index (χ2v) is 8.09. The zero-order valence-corrected chi connectivity index (χ0v) is 15.2. The van der Waals surface area contributed by atoms with E-state index in [-0.39, 0.29) is 10.8 Å². The Kier molecular flexibility index (Phi) is 4.41. The van der Waals surface area contributed by atoms with Crippen molar-refractivity contribution in [2.45, 2.75) is 24.3 Å². The van der Waals surface area contributed by atoms with Crippen LogP contribution in [-0.2, 0) is 27.8 Å². The van der Waals surface area contributed by atoms with Crippen LogP contribution in [0.25, 0.3) is 0 Å². The first-order valence-corrected chi connectivity index (χ1v) is 9.98. The van der Waals surface area contributed by atoms with Crippen LogP contribution in [0.3, 0.4) is 0 Å². The average molecular weight is 382 g/mol. The van der Waals surface area contributed by atoms with Gasteiger partial charge in [0.05, 0.1) is 11.2 Å². The maximum Gasteiger partial charge on any atom is 0.261 e. The van der Waals surface area contributed by atoms with Gasteiger partial charge in [-0.2, -0.15) is 0 Å². The number of aryl methyl sites for hydroxylation is 1. The highest BCUT2D eigenvalue weighted by Gasteiger charge is 2.20. The Bertz CT molecular complexity index is 1090. The van der Waals surface area contributed by atoms with E-state index in [9.17, 15) is 13.2 Å². The molecule has 1 aliphatic rings. The minimum absolute atomic E-state index is 0.0501. The Morgan fingerprint density at radius 1 is 1.15 bits per heavy atom. The number of carbonyl (C=O) groups excluding carboxylic acids is 1. The van der Waals surface area contributed by atoms with Gasteiger partial charge in [0.2, 0.25) is 5.91 Å².